The van der Waals surface area contributed by atoms with E-state index in [4.69, 9.17) is 5.11 Å². The molecule has 3 N–H and O–H groups in total. The standard InChI is InChI=1S/C17H26N4O4S/c1-10-11(2)26-16(18-10)19-13(22)9-21-7-5-6-12(8-21)14(23)20-17(3,4)15(24)25/h12H,5-9H2,1-4H3,(H,20,23)(H,24,25)(H,18,19,22). The van der Waals surface area contributed by atoms with Gasteiger partial charge in [-0.2, -0.15) is 0 Å². The van der Waals surface area contributed by atoms with Crippen LogP contribution in [0.4, 0.5) is 5.13 Å². The minimum Gasteiger partial charge on any atom is -0.480 e. The van der Waals surface area contributed by atoms with Gasteiger partial charge in [-0.1, -0.05) is 0 Å². The molecule has 1 aliphatic heterocycles. The van der Waals surface area contributed by atoms with Gasteiger partial charge in [-0.15, -0.1) is 11.3 Å². The molecule has 1 aromatic heterocycles. The number of hydrogen-bond acceptors (Lipinski definition) is 6. The van der Waals surface area contributed by atoms with Crippen molar-refractivity contribution in [2.45, 2.75) is 46.1 Å². The molecule has 0 aromatic carbocycles. The Morgan fingerprint density at radius 2 is 2.04 bits per heavy atom. The second-order valence-electron chi connectivity index (χ2n) is 7.20. The molecule has 0 radical (unpaired) electrons. The van der Waals surface area contributed by atoms with Gasteiger partial charge in [0, 0.05) is 11.4 Å². The van der Waals surface area contributed by atoms with E-state index in [1.54, 1.807) is 0 Å². The Balaban J connectivity index is 1.88. The number of hydrogen-bond donors (Lipinski definition) is 3. The van der Waals surface area contributed by atoms with Crippen molar-refractivity contribution in [2.24, 2.45) is 5.92 Å². The lowest BCUT2D eigenvalue weighted by molar-refractivity contribution is -0.147. The number of aryl methyl sites for hydroxylation is 2. The fourth-order valence-corrected chi connectivity index (χ4v) is 3.60. The van der Waals surface area contributed by atoms with Crippen LogP contribution in [0.5, 0.6) is 0 Å². The molecule has 0 aliphatic carbocycles. The van der Waals surface area contributed by atoms with Gasteiger partial charge in [0.1, 0.15) is 5.54 Å². The van der Waals surface area contributed by atoms with Gasteiger partial charge in [0.05, 0.1) is 18.2 Å². The summed E-state index contributed by atoms with van der Waals surface area (Å²) in [6.45, 7) is 8.12. The summed E-state index contributed by atoms with van der Waals surface area (Å²) < 4.78 is 0. The zero-order valence-electron chi connectivity index (χ0n) is 15.6. The number of carbonyl (C=O) groups is 3. The molecule has 26 heavy (non-hydrogen) atoms. The van der Waals surface area contributed by atoms with Crippen molar-refractivity contribution < 1.29 is 19.5 Å². The zero-order chi connectivity index (χ0) is 19.5. The van der Waals surface area contributed by atoms with Crippen molar-refractivity contribution >= 4 is 34.3 Å². The number of thiazole rings is 1. The summed E-state index contributed by atoms with van der Waals surface area (Å²) in [7, 11) is 0. The molecule has 1 unspecified atom stereocenters. The predicted octanol–water partition coefficient (Wildman–Crippen LogP) is 1.39. The number of nitrogens with zero attached hydrogens (tertiary/aromatic N) is 2. The van der Waals surface area contributed by atoms with Crippen LogP contribution >= 0.6 is 11.3 Å². The third-order valence-electron chi connectivity index (χ3n) is 4.49. The maximum atomic E-state index is 12.4. The third kappa shape index (κ3) is 5.25. The van der Waals surface area contributed by atoms with E-state index in [0.717, 1.165) is 23.5 Å². The monoisotopic (exact) mass is 382 g/mol. The second kappa shape index (κ2) is 8.13. The van der Waals surface area contributed by atoms with Crippen LogP contribution in [0, 0.1) is 19.8 Å². The zero-order valence-corrected chi connectivity index (χ0v) is 16.4. The lowest BCUT2D eigenvalue weighted by Gasteiger charge is -2.33. The number of amides is 2. The highest BCUT2D eigenvalue weighted by Gasteiger charge is 2.34. The fraction of sp³-hybridized carbons (Fsp3) is 0.647. The van der Waals surface area contributed by atoms with Gasteiger partial charge in [-0.3, -0.25) is 14.5 Å². The molecule has 1 fully saturated rings. The van der Waals surface area contributed by atoms with Gasteiger partial charge in [0.25, 0.3) is 0 Å². The molecular weight excluding hydrogens is 356 g/mol. The molecule has 1 aromatic rings. The lowest BCUT2D eigenvalue weighted by Crippen LogP contribution is -2.54. The minimum atomic E-state index is -1.31. The molecule has 1 saturated heterocycles. The van der Waals surface area contributed by atoms with E-state index < -0.39 is 11.5 Å². The van der Waals surface area contributed by atoms with Crippen LogP contribution in [0.15, 0.2) is 0 Å². The Hall–Kier alpha value is -2.00. The Labute approximate surface area is 157 Å². The largest absolute Gasteiger partial charge is 0.480 e. The van der Waals surface area contributed by atoms with E-state index in [1.165, 1.54) is 25.2 Å². The number of piperidine rings is 1. The first-order chi connectivity index (χ1) is 12.1. The third-order valence-corrected chi connectivity index (χ3v) is 5.48. The molecular formula is C17H26N4O4S. The number of anilines is 1. The van der Waals surface area contributed by atoms with E-state index in [0.29, 0.717) is 18.1 Å². The van der Waals surface area contributed by atoms with Crippen molar-refractivity contribution in [2.75, 3.05) is 25.0 Å². The highest BCUT2D eigenvalue weighted by atomic mass is 32.1. The average Bonchev–Trinajstić information content (AvgIpc) is 2.84. The van der Waals surface area contributed by atoms with Crippen LogP contribution < -0.4 is 10.6 Å². The van der Waals surface area contributed by atoms with Crippen LogP contribution in [0.1, 0.15) is 37.3 Å². The molecule has 0 spiro atoms. The van der Waals surface area contributed by atoms with Gasteiger partial charge in [-0.05, 0) is 47.1 Å². The number of likely N-dealkylation sites (tertiary alicyclic amines) is 1. The van der Waals surface area contributed by atoms with E-state index >= 15 is 0 Å². The maximum Gasteiger partial charge on any atom is 0.328 e. The van der Waals surface area contributed by atoms with Gasteiger partial charge in [-0.25, -0.2) is 9.78 Å². The van der Waals surface area contributed by atoms with Crippen molar-refractivity contribution in [1.82, 2.24) is 15.2 Å². The molecule has 0 bridgehead atoms. The Morgan fingerprint density at radius 3 is 2.62 bits per heavy atom. The Morgan fingerprint density at radius 1 is 1.35 bits per heavy atom. The van der Waals surface area contributed by atoms with Crippen LogP contribution in [0.25, 0.3) is 0 Å². The quantitative estimate of drug-likeness (QED) is 0.685. The van der Waals surface area contributed by atoms with Crippen LogP contribution in [0.3, 0.4) is 0 Å². The van der Waals surface area contributed by atoms with Crippen molar-refractivity contribution in [3.63, 3.8) is 0 Å². The van der Waals surface area contributed by atoms with Crippen molar-refractivity contribution in [1.29, 1.82) is 0 Å². The number of carbonyl (C=O) groups excluding carboxylic acids is 2. The molecule has 2 heterocycles. The number of carboxylic acids is 1. The summed E-state index contributed by atoms with van der Waals surface area (Å²) in [4.78, 5) is 43.0. The number of aromatic nitrogens is 1. The van der Waals surface area contributed by atoms with Crippen LogP contribution in [-0.2, 0) is 14.4 Å². The Kier molecular flexibility index (Phi) is 6.35. The molecule has 9 heteroatoms. The summed E-state index contributed by atoms with van der Waals surface area (Å²) in [5, 5.41) is 15.1. The van der Waals surface area contributed by atoms with Crippen molar-refractivity contribution in [3.05, 3.63) is 10.6 Å². The predicted molar refractivity (Wildman–Crippen MR) is 99.2 cm³/mol. The van der Waals surface area contributed by atoms with Gasteiger partial charge in [0.15, 0.2) is 5.13 Å². The Bertz CT molecular complexity index is 681. The van der Waals surface area contributed by atoms with E-state index in [9.17, 15) is 14.4 Å². The summed E-state index contributed by atoms with van der Waals surface area (Å²) in [6, 6.07) is 0. The molecule has 2 rings (SSSR count). The normalized spacial score (nSPS) is 18.4. The fourth-order valence-electron chi connectivity index (χ4n) is 2.76. The summed E-state index contributed by atoms with van der Waals surface area (Å²) in [5.74, 6) is -1.84. The van der Waals surface area contributed by atoms with Gasteiger partial charge >= 0.3 is 5.97 Å². The topological polar surface area (TPSA) is 112 Å². The first-order valence-corrected chi connectivity index (χ1v) is 9.42. The first-order valence-electron chi connectivity index (χ1n) is 8.60. The minimum absolute atomic E-state index is 0.161. The molecule has 144 valence electrons. The van der Waals surface area contributed by atoms with Crippen molar-refractivity contribution in [3.8, 4) is 0 Å². The van der Waals surface area contributed by atoms with Gasteiger partial charge in [0.2, 0.25) is 11.8 Å². The summed E-state index contributed by atoms with van der Waals surface area (Å²) in [5.41, 5.74) is -0.404. The number of nitrogens with one attached hydrogen (secondary N) is 2. The number of aliphatic carboxylic acids is 1. The molecule has 0 saturated carbocycles. The maximum absolute atomic E-state index is 12.4. The molecule has 1 atom stereocenters. The average molecular weight is 382 g/mol. The molecule has 2 amide bonds. The van der Waals surface area contributed by atoms with Crippen LogP contribution in [-0.4, -0.2) is 57.9 Å². The van der Waals surface area contributed by atoms with Crippen LogP contribution in [0.2, 0.25) is 0 Å². The van der Waals surface area contributed by atoms with E-state index in [2.05, 4.69) is 15.6 Å². The van der Waals surface area contributed by atoms with E-state index in [1.807, 2.05) is 18.7 Å². The summed E-state index contributed by atoms with van der Waals surface area (Å²) >= 11 is 1.44. The smallest absolute Gasteiger partial charge is 0.328 e. The van der Waals surface area contributed by atoms with Gasteiger partial charge < -0.3 is 15.7 Å². The highest BCUT2D eigenvalue weighted by molar-refractivity contribution is 7.15. The highest BCUT2D eigenvalue weighted by Crippen LogP contribution is 2.22. The number of carboxylic acid groups (broad SMARTS) is 1. The van der Waals surface area contributed by atoms with E-state index in [-0.39, 0.29) is 24.3 Å². The number of rotatable bonds is 6. The molecule has 8 nitrogen and oxygen atoms in total. The summed E-state index contributed by atoms with van der Waals surface area (Å²) in [6.07, 6.45) is 1.47. The first kappa shape index (κ1) is 20.3. The SMILES string of the molecule is Cc1nc(NC(=O)CN2CCCC(C(=O)NC(C)(C)C(=O)O)C2)sc1C. The second-order valence-corrected chi connectivity index (χ2v) is 8.41. The lowest BCUT2D eigenvalue weighted by atomic mass is 9.95. The molecule has 1 aliphatic rings.